The predicted octanol–water partition coefficient (Wildman–Crippen LogP) is 1.54. The molecule has 0 aliphatic heterocycles. The molecule has 0 aliphatic rings. The number of sulfone groups is 1. The number of thioether (sulfide) groups is 1. The van der Waals surface area contributed by atoms with E-state index >= 15 is 0 Å². The van der Waals surface area contributed by atoms with E-state index in [9.17, 15) is 13.5 Å². The smallest absolute Gasteiger partial charge is 0.175 e. The second-order valence-electron chi connectivity index (χ2n) is 4.81. The van der Waals surface area contributed by atoms with Crippen LogP contribution in [0.3, 0.4) is 0 Å². The molecule has 0 heterocycles. The minimum Gasteiger partial charge on any atom is -0.394 e. The highest BCUT2D eigenvalue weighted by Crippen LogP contribution is 2.23. The Morgan fingerprint density at radius 1 is 1.32 bits per heavy atom. The second-order valence-corrected chi connectivity index (χ2v) is 7.99. The SMILES string of the molecule is CNC(C)(CO)CCSc1ccc(S(C)(=O)=O)cc1. The van der Waals surface area contributed by atoms with E-state index in [2.05, 4.69) is 5.32 Å². The molecule has 2 N–H and O–H groups in total. The van der Waals surface area contributed by atoms with Crippen LogP contribution in [0.25, 0.3) is 0 Å². The molecule has 0 saturated heterocycles. The van der Waals surface area contributed by atoms with Gasteiger partial charge in [-0.2, -0.15) is 0 Å². The van der Waals surface area contributed by atoms with Crippen LogP contribution in [-0.4, -0.2) is 44.7 Å². The molecule has 1 atom stereocenters. The van der Waals surface area contributed by atoms with Crippen LogP contribution in [-0.2, 0) is 9.84 Å². The van der Waals surface area contributed by atoms with E-state index < -0.39 is 9.84 Å². The van der Waals surface area contributed by atoms with Gasteiger partial charge in [0, 0.05) is 16.7 Å². The summed E-state index contributed by atoms with van der Waals surface area (Å²) in [5, 5.41) is 12.4. The van der Waals surface area contributed by atoms with Crippen LogP contribution in [0.1, 0.15) is 13.3 Å². The van der Waals surface area contributed by atoms with Crippen molar-refractivity contribution < 1.29 is 13.5 Å². The first-order valence-corrected chi connectivity index (χ1v) is 8.91. The third kappa shape index (κ3) is 5.14. The summed E-state index contributed by atoms with van der Waals surface area (Å²) in [5.74, 6) is 0.857. The average Bonchev–Trinajstić information content (AvgIpc) is 2.38. The number of aliphatic hydroxyl groups excluding tert-OH is 1. The molecule has 0 saturated carbocycles. The molecule has 0 aromatic heterocycles. The first-order chi connectivity index (χ1) is 8.80. The van der Waals surface area contributed by atoms with Gasteiger partial charge >= 0.3 is 0 Å². The molecule has 0 aliphatic carbocycles. The van der Waals surface area contributed by atoms with Gasteiger partial charge in [-0.3, -0.25) is 0 Å². The van der Waals surface area contributed by atoms with Gasteiger partial charge in [0.1, 0.15) is 0 Å². The van der Waals surface area contributed by atoms with Crippen molar-refractivity contribution in [1.82, 2.24) is 5.32 Å². The molecular weight excluding hydrogens is 282 g/mol. The van der Waals surface area contributed by atoms with E-state index in [1.165, 1.54) is 6.26 Å². The zero-order valence-electron chi connectivity index (χ0n) is 11.5. The van der Waals surface area contributed by atoms with Gasteiger partial charge in [0.2, 0.25) is 0 Å². The first-order valence-electron chi connectivity index (χ1n) is 6.03. The minimum absolute atomic E-state index is 0.0943. The van der Waals surface area contributed by atoms with E-state index in [0.717, 1.165) is 17.1 Å². The van der Waals surface area contributed by atoms with Crippen molar-refractivity contribution in [1.29, 1.82) is 0 Å². The van der Waals surface area contributed by atoms with E-state index in [1.54, 1.807) is 23.9 Å². The van der Waals surface area contributed by atoms with Crippen LogP contribution < -0.4 is 5.32 Å². The van der Waals surface area contributed by atoms with Crippen LogP contribution in [0, 0.1) is 0 Å². The molecule has 0 amide bonds. The predicted molar refractivity (Wildman–Crippen MR) is 79.4 cm³/mol. The topological polar surface area (TPSA) is 66.4 Å². The van der Waals surface area contributed by atoms with Gasteiger partial charge < -0.3 is 10.4 Å². The fraction of sp³-hybridized carbons (Fsp3) is 0.538. The zero-order valence-corrected chi connectivity index (χ0v) is 13.1. The van der Waals surface area contributed by atoms with Gasteiger partial charge in [0.15, 0.2) is 9.84 Å². The van der Waals surface area contributed by atoms with Crippen molar-refractivity contribution in [2.45, 2.75) is 28.7 Å². The lowest BCUT2D eigenvalue weighted by atomic mass is 10.0. The lowest BCUT2D eigenvalue weighted by Crippen LogP contribution is -2.43. The Morgan fingerprint density at radius 3 is 2.32 bits per heavy atom. The van der Waals surface area contributed by atoms with Crippen molar-refractivity contribution in [3.63, 3.8) is 0 Å². The lowest BCUT2D eigenvalue weighted by molar-refractivity contribution is 0.179. The molecule has 0 fully saturated rings. The van der Waals surface area contributed by atoms with Gasteiger partial charge in [0.05, 0.1) is 11.5 Å². The maximum atomic E-state index is 11.3. The fourth-order valence-electron chi connectivity index (χ4n) is 1.46. The highest BCUT2D eigenvalue weighted by molar-refractivity contribution is 7.99. The summed E-state index contributed by atoms with van der Waals surface area (Å²) in [6.45, 7) is 2.07. The van der Waals surface area contributed by atoms with Crippen LogP contribution in [0.2, 0.25) is 0 Å². The molecule has 1 unspecified atom stereocenters. The molecule has 0 spiro atoms. The van der Waals surface area contributed by atoms with Gasteiger partial charge in [-0.15, -0.1) is 11.8 Å². The average molecular weight is 303 g/mol. The quantitative estimate of drug-likeness (QED) is 0.748. The summed E-state index contributed by atoms with van der Waals surface area (Å²) in [7, 11) is -1.29. The summed E-state index contributed by atoms with van der Waals surface area (Å²) in [6, 6.07) is 6.88. The fourth-order valence-corrected chi connectivity index (χ4v) is 3.21. The van der Waals surface area contributed by atoms with E-state index in [-0.39, 0.29) is 12.1 Å². The van der Waals surface area contributed by atoms with Crippen molar-refractivity contribution >= 4 is 21.6 Å². The monoisotopic (exact) mass is 303 g/mol. The molecule has 1 rings (SSSR count). The van der Waals surface area contributed by atoms with Gasteiger partial charge in [-0.05, 0) is 50.4 Å². The van der Waals surface area contributed by atoms with Crippen molar-refractivity contribution in [2.75, 3.05) is 25.7 Å². The Bertz CT molecular complexity index is 493. The van der Waals surface area contributed by atoms with E-state index in [4.69, 9.17) is 0 Å². The molecule has 0 bridgehead atoms. The molecule has 4 nitrogen and oxygen atoms in total. The summed E-state index contributed by atoms with van der Waals surface area (Å²) < 4.78 is 22.6. The Morgan fingerprint density at radius 2 is 1.89 bits per heavy atom. The highest BCUT2D eigenvalue weighted by Gasteiger charge is 2.19. The van der Waals surface area contributed by atoms with Crippen LogP contribution in [0.4, 0.5) is 0 Å². The third-order valence-corrected chi connectivity index (χ3v) is 5.27. The first kappa shape index (κ1) is 16.5. The Kier molecular flexibility index (Phi) is 5.85. The maximum absolute atomic E-state index is 11.3. The molecule has 108 valence electrons. The van der Waals surface area contributed by atoms with Crippen LogP contribution in [0.5, 0.6) is 0 Å². The minimum atomic E-state index is -3.12. The second kappa shape index (κ2) is 6.74. The molecular formula is C13H21NO3S2. The number of aliphatic hydroxyl groups is 1. The molecule has 19 heavy (non-hydrogen) atoms. The molecule has 6 heteroatoms. The number of rotatable bonds is 7. The van der Waals surface area contributed by atoms with E-state index in [1.807, 2.05) is 26.1 Å². The number of hydrogen-bond acceptors (Lipinski definition) is 5. The summed E-state index contributed by atoms with van der Waals surface area (Å²) in [6.07, 6.45) is 2.03. The molecule has 1 aromatic carbocycles. The summed E-state index contributed by atoms with van der Waals surface area (Å²) >= 11 is 1.65. The number of benzene rings is 1. The zero-order chi connectivity index (χ0) is 14.5. The van der Waals surface area contributed by atoms with Crippen LogP contribution in [0.15, 0.2) is 34.1 Å². The highest BCUT2D eigenvalue weighted by atomic mass is 32.2. The Hall–Kier alpha value is -0.560. The van der Waals surface area contributed by atoms with Crippen molar-refractivity contribution in [3.8, 4) is 0 Å². The normalized spacial score (nSPS) is 15.2. The largest absolute Gasteiger partial charge is 0.394 e. The van der Waals surface area contributed by atoms with E-state index in [0.29, 0.717) is 4.90 Å². The van der Waals surface area contributed by atoms with Gasteiger partial charge in [-0.1, -0.05) is 0 Å². The number of nitrogens with one attached hydrogen (secondary N) is 1. The van der Waals surface area contributed by atoms with Crippen LogP contribution >= 0.6 is 11.8 Å². The maximum Gasteiger partial charge on any atom is 0.175 e. The number of hydrogen-bond donors (Lipinski definition) is 2. The Balaban J connectivity index is 2.56. The standard InChI is InChI=1S/C13H21NO3S2/c1-13(10-15,14-2)8-9-18-11-4-6-12(7-5-11)19(3,16)17/h4-7,14-15H,8-10H2,1-3H3. The molecule has 1 aromatic rings. The Labute approximate surface area is 119 Å². The van der Waals surface area contributed by atoms with Gasteiger partial charge in [0.25, 0.3) is 0 Å². The van der Waals surface area contributed by atoms with Crippen molar-refractivity contribution in [2.24, 2.45) is 0 Å². The van der Waals surface area contributed by atoms with Crippen molar-refractivity contribution in [3.05, 3.63) is 24.3 Å². The summed E-state index contributed by atoms with van der Waals surface area (Å²) in [4.78, 5) is 1.37. The van der Waals surface area contributed by atoms with Gasteiger partial charge in [-0.25, -0.2) is 8.42 Å². The molecule has 0 radical (unpaired) electrons. The number of likely N-dealkylation sites (N-methyl/N-ethyl adjacent to an activating group) is 1. The lowest BCUT2D eigenvalue weighted by Gasteiger charge is -2.26. The summed E-state index contributed by atoms with van der Waals surface area (Å²) in [5.41, 5.74) is -0.264. The third-order valence-electron chi connectivity index (χ3n) is 3.13.